The van der Waals surface area contributed by atoms with Crippen LogP contribution in [-0.4, -0.2) is 40.0 Å². The molecule has 0 radical (unpaired) electrons. The number of rotatable bonds is 5. The maximum atomic E-state index is 13.2. The first-order chi connectivity index (χ1) is 14.7. The fraction of sp³-hybridized carbons (Fsp3) is 0.500. The van der Waals surface area contributed by atoms with Crippen LogP contribution in [-0.2, 0) is 19.4 Å². The Bertz CT molecular complexity index is 1050. The number of amides is 1. The van der Waals surface area contributed by atoms with Crippen LogP contribution in [0.1, 0.15) is 53.4 Å². The molecule has 3 heterocycles. The number of carbonyl (C=O) groups is 1. The molecule has 1 amide bonds. The highest BCUT2D eigenvalue weighted by Crippen LogP contribution is 2.33. The molecule has 30 heavy (non-hydrogen) atoms. The molecule has 1 atom stereocenters. The number of imidazole rings is 1. The zero-order valence-electron chi connectivity index (χ0n) is 17.7. The summed E-state index contributed by atoms with van der Waals surface area (Å²) in [6.45, 7) is 6.49. The molecule has 0 saturated carbocycles. The monoisotopic (exact) mass is 422 g/mol. The number of benzene rings is 1. The van der Waals surface area contributed by atoms with Gasteiger partial charge in [0.2, 0.25) is 5.95 Å². The maximum Gasteiger partial charge on any atom is 0.259 e. The largest absolute Gasteiger partial charge is 0.309 e. The summed E-state index contributed by atoms with van der Waals surface area (Å²) in [6, 6.07) is 8.17. The molecule has 6 heteroatoms. The number of carbonyl (C=O) groups excluding carboxylic acids is 1. The fourth-order valence-electron chi connectivity index (χ4n) is 4.86. The summed E-state index contributed by atoms with van der Waals surface area (Å²) in [5.41, 5.74) is 4.13. The molecule has 0 spiro atoms. The number of aromatic nitrogens is 2. The first-order valence-corrected chi connectivity index (χ1v) is 12.1. The molecule has 1 N–H and O–H groups in total. The minimum atomic E-state index is -0.0171. The third-order valence-electron chi connectivity index (χ3n) is 6.61. The van der Waals surface area contributed by atoms with Crippen molar-refractivity contribution in [1.29, 1.82) is 0 Å². The average Bonchev–Trinajstić information content (AvgIpc) is 3.33. The molecule has 0 unspecified atom stereocenters. The zero-order chi connectivity index (χ0) is 20.5. The predicted octanol–water partition coefficient (Wildman–Crippen LogP) is 4.96. The van der Waals surface area contributed by atoms with Gasteiger partial charge in [0.15, 0.2) is 0 Å². The lowest BCUT2D eigenvalue weighted by molar-refractivity contribution is 0.102. The van der Waals surface area contributed by atoms with Gasteiger partial charge in [-0.3, -0.25) is 10.1 Å². The van der Waals surface area contributed by atoms with Gasteiger partial charge >= 0.3 is 0 Å². The van der Waals surface area contributed by atoms with Crippen molar-refractivity contribution in [3.05, 3.63) is 45.6 Å². The summed E-state index contributed by atoms with van der Waals surface area (Å²) < 4.78 is 2.18. The molecular weight excluding hydrogens is 392 g/mol. The van der Waals surface area contributed by atoms with E-state index in [4.69, 9.17) is 4.98 Å². The Labute approximate surface area is 182 Å². The van der Waals surface area contributed by atoms with Gasteiger partial charge < -0.3 is 9.47 Å². The SMILES string of the molecule is C[C@@H]1CCc2c(C(=O)Nc3nc4ccccc4n3CCN3CCCCC3)csc2C1. The Hall–Kier alpha value is -2.18. The van der Waals surface area contributed by atoms with E-state index < -0.39 is 0 Å². The van der Waals surface area contributed by atoms with Gasteiger partial charge in [-0.2, -0.15) is 0 Å². The van der Waals surface area contributed by atoms with E-state index in [1.54, 1.807) is 11.3 Å². The van der Waals surface area contributed by atoms with E-state index in [2.05, 4.69) is 27.8 Å². The normalized spacial score (nSPS) is 19.7. The van der Waals surface area contributed by atoms with Crippen molar-refractivity contribution in [2.75, 3.05) is 25.0 Å². The van der Waals surface area contributed by atoms with Crippen LogP contribution in [0.5, 0.6) is 0 Å². The summed E-state index contributed by atoms with van der Waals surface area (Å²) >= 11 is 1.74. The first kappa shape index (κ1) is 19.8. The van der Waals surface area contributed by atoms with Crippen LogP contribution in [0, 0.1) is 5.92 Å². The lowest BCUT2D eigenvalue weighted by Crippen LogP contribution is -2.32. The Morgan fingerprint density at radius 1 is 1.20 bits per heavy atom. The van der Waals surface area contributed by atoms with E-state index in [0.717, 1.165) is 42.5 Å². The van der Waals surface area contributed by atoms with Crippen molar-refractivity contribution >= 4 is 34.2 Å². The van der Waals surface area contributed by atoms with Crippen molar-refractivity contribution in [1.82, 2.24) is 14.5 Å². The second-order valence-electron chi connectivity index (χ2n) is 8.83. The first-order valence-electron chi connectivity index (χ1n) is 11.3. The minimum absolute atomic E-state index is 0.0171. The van der Waals surface area contributed by atoms with Gasteiger partial charge in [0.05, 0.1) is 16.6 Å². The second-order valence-corrected chi connectivity index (χ2v) is 9.80. The van der Waals surface area contributed by atoms with Gasteiger partial charge in [-0.1, -0.05) is 25.5 Å². The topological polar surface area (TPSA) is 50.2 Å². The standard InChI is InChI=1S/C24H30N4OS/c1-17-9-10-18-19(16-30-22(18)15-17)23(29)26-24-25-20-7-3-4-8-21(20)28(24)14-13-27-11-5-2-6-12-27/h3-4,7-8,16-17H,2,5-6,9-15H2,1H3,(H,25,26,29)/t17-/m1/s1. The van der Waals surface area contributed by atoms with E-state index in [9.17, 15) is 4.79 Å². The van der Waals surface area contributed by atoms with E-state index >= 15 is 0 Å². The van der Waals surface area contributed by atoms with Crippen molar-refractivity contribution < 1.29 is 4.79 Å². The van der Waals surface area contributed by atoms with Crippen LogP contribution in [0.25, 0.3) is 11.0 Å². The number of nitrogens with one attached hydrogen (secondary N) is 1. The second kappa shape index (κ2) is 8.52. The van der Waals surface area contributed by atoms with Crippen molar-refractivity contribution in [2.24, 2.45) is 5.92 Å². The number of piperidine rings is 1. The molecule has 1 aromatic carbocycles. The Balaban J connectivity index is 1.39. The highest BCUT2D eigenvalue weighted by molar-refractivity contribution is 7.10. The van der Waals surface area contributed by atoms with Gasteiger partial charge in [0, 0.05) is 23.3 Å². The number of anilines is 1. The summed E-state index contributed by atoms with van der Waals surface area (Å²) in [6.07, 6.45) is 7.19. The highest BCUT2D eigenvalue weighted by atomic mass is 32.1. The molecule has 1 aliphatic heterocycles. The highest BCUT2D eigenvalue weighted by Gasteiger charge is 2.24. The maximum absolute atomic E-state index is 13.2. The van der Waals surface area contributed by atoms with E-state index in [-0.39, 0.29) is 5.91 Å². The molecule has 2 aromatic heterocycles. The van der Waals surface area contributed by atoms with Crippen LogP contribution in [0.15, 0.2) is 29.6 Å². The van der Waals surface area contributed by atoms with Crippen LogP contribution in [0.3, 0.4) is 0 Å². The number of thiophene rings is 1. The quantitative estimate of drug-likeness (QED) is 0.632. The number of hydrogen-bond donors (Lipinski definition) is 1. The third kappa shape index (κ3) is 3.91. The molecule has 158 valence electrons. The zero-order valence-corrected chi connectivity index (χ0v) is 18.5. The van der Waals surface area contributed by atoms with Crippen LogP contribution in [0.4, 0.5) is 5.95 Å². The number of nitrogens with zero attached hydrogens (tertiary/aromatic N) is 3. The van der Waals surface area contributed by atoms with Crippen molar-refractivity contribution in [3.8, 4) is 0 Å². The third-order valence-corrected chi connectivity index (χ3v) is 7.67. The number of likely N-dealkylation sites (tertiary alicyclic amines) is 1. The lowest BCUT2D eigenvalue weighted by atomic mass is 9.88. The van der Waals surface area contributed by atoms with E-state index in [0.29, 0.717) is 11.9 Å². The predicted molar refractivity (Wildman–Crippen MR) is 123 cm³/mol. The summed E-state index contributed by atoms with van der Waals surface area (Å²) in [5.74, 6) is 1.37. The summed E-state index contributed by atoms with van der Waals surface area (Å²) in [5, 5.41) is 5.19. The minimum Gasteiger partial charge on any atom is -0.309 e. The summed E-state index contributed by atoms with van der Waals surface area (Å²) in [4.78, 5) is 21.9. The van der Waals surface area contributed by atoms with Crippen LogP contribution in [0.2, 0.25) is 0 Å². The average molecular weight is 423 g/mol. The van der Waals surface area contributed by atoms with Crippen molar-refractivity contribution in [3.63, 3.8) is 0 Å². The molecule has 1 saturated heterocycles. The number of hydrogen-bond acceptors (Lipinski definition) is 4. The fourth-order valence-corrected chi connectivity index (χ4v) is 6.10. The smallest absolute Gasteiger partial charge is 0.259 e. The molecule has 5 rings (SSSR count). The molecule has 0 bridgehead atoms. The number of para-hydroxylation sites is 2. The van der Waals surface area contributed by atoms with Gasteiger partial charge in [0.1, 0.15) is 0 Å². The van der Waals surface area contributed by atoms with E-state index in [1.807, 2.05) is 23.6 Å². The Morgan fingerprint density at radius 3 is 2.90 bits per heavy atom. The van der Waals surface area contributed by atoms with E-state index in [1.165, 1.54) is 49.2 Å². The molecule has 5 nitrogen and oxygen atoms in total. The lowest BCUT2D eigenvalue weighted by Gasteiger charge is -2.26. The van der Waals surface area contributed by atoms with Crippen LogP contribution < -0.4 is 5.32 Å². The summed E-state index contributed by atoms with van der Waals surface area (Å²) in [7, 11) is 0. The van der Waals surface area contributed by atoms with Crippen molar-refractivity contribution in [2.45, 2.75) is 52.0 Å². The Morgan fingerprint density at radius 2 is 2.03 bits per heavy atom. The van der Waals surface area contributed by atoms with Gasteiger partial charge in [0.25, 0.3) is 5.91 Å². The Kier molecular flexibility index (Phi) is 5.61. The van der Waals surface area contributed by atoms with Gasteiger partial charge in [-0.15, -0.1) is 11.3 Å². The van der Waals surface area contributed by atoms with Gasteiger partial charge in [-0.05, 0) is 68.8 Å². The molecule has 2 aliphatic rings. The molecule has 1 aliphatic carbocycles. The van der Waals surface area contributed by atoms with Gasteiger partial charge in [-0.25, -0.2) is 4.98 Å². The molecule has 3 aromatic rings. The van der Waals surface area contributed by atoms with Crippen LogP contribution >= 0.6 is 11.3 Å². The molecule has 1 fully saturated rings. The molecular formula is C24H30N4OS. The number of fused-ring (bicyclic) bond motifs is 2.